The van der Waals surface area contributed by atoms with Crippen molar-refractivity contribution in [1.29, 1.82) is 0 Å². The number of benzene rings is 2. The van der Waals surface area contributed by atoms with Gasteiger partial charge in [0.25, 0.3) is 0 Å². The van der Waals surface area contributed by atoms with Crippen LogP contribution in [0.4, 0.5) is 5.69 Å². The predicted octanol–water partition coefficient (Wildman–Crippen LogP) is 2.89. The van der Waals surface area contributed by atoms with Gasteiger partial charge in [-0.3, -0.25) is 9.59 Å². The van der Waals surface area contributed by atoms with Crippen LogP contribution in [0.3, 0.4) is 0 Å². The van der Waals surface area contributed by atoms with Gasteiger partial charge in [-0.15, -0.1) is 0 Å². The van der Waals surface area contributed by atoms with Crippen LogP contribution in [0, 0.1) is 3.57 Å². The third-order valence-electron chi connectivity index (χ3n) is 3.51. The van der Waals surface area contributed by atoms with Crippen molar-refractivity contribution in [3.8, 4) is 11.5 Å². The summed E-state index contributed by atoms with van der Waals surface area (Å²) in [5, 5.41) is 6.63. The van der Waals surface area contributed by atoms with Crippen molar-refractivity contribution in [2.45, 2.75) is 12.8 Å². The Bertz CT molecular complexity index is 837. The lowest BCUT2D eigenvalue weighted by atomic mass is 10.2. The molecule has 2 aromatic rings. The molecular formula is C18H16IN3O4. The summed E-state index contributed by atoms with van der Waals surface area (Å²) >= 11 is 2.19. The summed E-state index contributed by atoms with van der Waals surface area (Å²) in [5.74, 6) is 0.777. The molecule has 0 aromatic heterocycles. The van der Waals surface area contributed by atoms with E-state index in [1.165, 1.54) is 6.21 Å². The second-order valence-electron chi connectivity index (χ2n) is 5.46. The van der Waals surface area contributed by atoms with Gasteiger partial charge in [-0.1, -0.05) is 0 Å². The van der Waals surface area contributed by atoms with Crippen LogP contribution >= 0.6 is 22.6 Å². The standard InChI is InChI=1S/C18H16IN3O4/c19-13-2-4-14(5-3-13)21-17(23)7-8-18(24)22-20-10-12-1-6-15-16(9-12)26-11-25-15/h1-6,9-10H,7-8,11H2,(H,21,23)(H,22,24). The average Bonchev–Trinajstić information content (AvgIpc) is 3.10. The number of hydrogen-bond acceptors (Lipinski definition) is 5. The molecule has 0 radical (unpaired) electrons. The quantitative estimate of drug-likeness (QED) is 0.390. The van der Waals surface area contributed by atoms with Gasteiger partial charge in [0.05, 0.1) is 6.21 Å². The smallest absolute Gasteiger partial charge is 0.240 e. The van der Waals surface area contributed by atoms with E-state index < -0.39 is 0 Å². The fourth-order valence-electron chi connectivity index (χ4n) is 2.21. The molecule has 0 aliphatic carbocycles. The highest BCUT2D eigenvalue weighted by molar-refractivity contribution is 14.1. The first-order valence-electron chi connectivity index (χ1n) is 7.87. The minimum atomic E-state index is -0.334. The summed E-state index contributed by atoms with van der Waals surface area (Å²) in [4.78, 5) is 23.6. The Morgan fingerprint density at radius 1 is 1.04 bits per heavy atom. The summed E-state index contributed by atoms with van der Waals surface area (Å²) in [6, 6.07) is 12.8. The van der Waals surface area contributed by atoms with E-state index in [0.717, 1.165) is 9.13 Å². The summed E-state index contributed by atoms with van der Waals surface area (Å²) in [6.07, 6.45) is 1.64. The summed E-state index contributed by atoms with van der Waals surface area (Å²) < 4.78 is 11.6. The molecule has 1 aliphatic heterocycles. The van der Waals surface area contributed by atoms with Crippen molar-refractivity contribution in [2.75, 3.05) is 12.1 Å². The maximum absolute atomic E-state index is 11.8. The van der Waals surface area contributed by atoms with Crippen LogP contribution in [0.25, 0.3) is 0 Å². The van der Waals surface area contributed by atoms with Crippen molar-refractivity contribution in [2.24, 2.45) is 5.10 Å². The monoisotopic (exact) mass is 465 g/mol. The first kappa shape index (κ1) is 18.2. The van der Waals surface area contributed by atoms with Gasteiger partial charge in [-0.2, -0.15) is 5.10 Å². The van der Waals surface area contributed by atoms with E-state index >= 15 is 0 Å². The number of fused-ring (bicyclic) bond motifs is 1. The molecule has 8 heteroatoms. The minimum Gasteiger partial charge on any atom is -0.454 e. The SMILES string of the molecule is O=C(CCC(=O)Nc1ccc(I)cc1)NN=Cc1ccc2c(c1)OCO2. The molecule has 26 heavy (non-hydrogen) atoms. The molecule has 0 saturated heterocycles. The number of carbonyl (C=O) groups excluding carboxylic acids is 2. The van der Waals surface area contributed by atoms with Gasteiger partial charge >= 0.3 is 0 Å². The summed E-state index contributed by atoms with van der Waals surface area (Å²) in [6.45, 7) is 0.205. The lowest BCUT2D eigenvalue weighted by molar-refractivity contribution is -0.124. The van der Waals surface area contributed by atoms with Crippen LogP contribution in [0.1, 0.15) is 18.4 Å². The van der Waals surface area contributed by atoms with Crippen molar-refractivity contribution >= 4 is 46.3 Å². The Labute approximate surface area is 163 Å². The topological polar surface area (TPSA) is 89.0 Å². The first-order valence-corrected chi connectivity index (χ1v) is 8.95. The highest BCUT2D eigenvalue weighted by Crippen LogP contribution is 2.31. The number of carbonyl (C=O) groups is 2. The van der Waals surface area contributed by atoms with E-state index in [4.69, 9.17) is 9.47 Å². The van der Waals surface area contributed by atoms with Crippen LogP contribution in [-0.4, -0.2) is 24.8 Å². The van der Waals surface area contributed by atoms with Crippen LogP contribution in [0.5, 0.6) is 11.5 Å². The molecule has 0 fully saturated rings. The van der Waals surface area contributed by atoms with Gasteiger partial charge in [0.15, 0.2) is 11.5 Å². The van der Waals surface area contributed by atoms with Crippen molar-refractivity contribution < 1.29 is 19.1 Å². The first-order chi connectivity index (χ1) is 12.6. The highest BCUT2D eigenvalue weighted by Gasteiger charge is 2.12. The number of nitrogens with zero attached hydrogens (tertiary/aromatic N) is 1. The number of hydrogen-bond donors (Lipinski definition) is 2. The largest absolute Gasteiger partial charge is 0.454 e. The van der Waals surface area contributed by atoms with E-state index in [2.05, 4.69) is 38.4 Å². The maximum atomic E-state index is 11.8. The Balaban J connectivity index is 1.41. The van der Waals surface area contributed by atoms with Gasteiger partial charge in [0.2, 0.25) is 18.6 Å². The zero-order valence-electron chi connectivity index (χ0n) is 13.7. The Hall–Kier alpha value is -2.62. The fraction of sp³-hybridized carbons (Fsp3) is 0.167. The molecule has 1 aliphatic rings. The number of rotatable bonds is 6. The second-order valence-corrected chi connectivity index (χ2v) is 6.71. The number of halogens is 1. The molecule has 0 spiro atoms. The van der Waals surface area contributed by atoms with E-state index in [1.54, 1.807) is 18.2 Å². The number of anilines is 1. The van der Waals surface area contributed by atoms with Gasteiger partial charge in [0.1, 0.15) is 0 Å². The number of hydrazone groups is 1. The van der Waals surface area contributed by atoms with Crippen LogP contribution in [0.15, 0.2) is 47.6 Å². The maximum Gasteiger partial charge on any atom is 0.240 e. The Morgan fingerprint density at radius 3 is 2.58 bits per heavy atom. The Kier molecular flexibility index (Phi) is 6.05. The molecule has 2 aromatic carbocycles. The van der Waals surface area contributed by atoms with E-state index in [-0.39, 0.29) is 31.4 Å². The highest BCUT2D eigenvalue weighted by atomic mass is 127. The normalized spacial score (nSPS) is 12.2. The zero-order valence-corrected chi connectivity index (χ0v) is 15.9. The van der Waals surface area contributed by atoms with Gasteiger partial charge in [-0.25, -0.2) is 5.43 Å². The minimum absolute atomic E-state index is 0.0503. The molecule has 0 atom stereocenters. The molecule has 134 valence electrons. The molecule has 0 saturated carbocycles. The third-order valence-corrected chi connectivity index (χ3v) is 4.23. The van der Waals surface area contributed by atoms with E-state index in [9.17, 15) is 9.59 Å². The van der Waals surface area contributed by atoms with Crippen molar-refractivity contribution in [3.05, 3.63) is 51.6 Å². The molecule has 1 heterocycles. The lowest BCUT2D eigenvalue weighted by Gasteiger charge is -2.05. The van der Waals surface area contributed by atoms with Crippen LogP contribution < -0.4 is 20.2 Å². The zero-order chi connectivity index (χ0) is 18.4. The fourth-order valence-corrected chi connectivity index (χ4v) is 2.57. The van der Waals surface area contributed by atoms with Crippen LogP contribution in [-0.2, 0) is 9.59 Å². The molecule has 2 amide bonds. The summed E-state index contributed by atoms with van der Waals surface area (Å²) in [7, 11) is 0. The Morgan fingerprint density at radius 2 is 1.77 bits per heavy atom. The molecule has 7 nitrogen and oxygen atoms in total. The molecule has 3 rings (SSSR count). The molecular weight excluding hydrogens is 449 g/mol. The van der Waals surface area contributed by atoms with E-state index in [0.29, 0.717) is 17.2 Å². The van der Waals surface area contributed by atoms with Crippen molar-refractivity contribution in [1.82, 2.24) is 5.43 Å². The molecule has 2 N–H and O–H groups in total. The van der Waals surface area contributed by atoms with Gasteiger partial charge in [-0.05, 0) is 70.6 Å². The number of amides is 2. The third kappa shape index (κ3) is 5.19. The lowest BCUT2D eigenvalue weighted by Crippen LogP contribution is -2.20. The second kappa shape index (κ2) is 8.65. The summed E-state index contributed by atoms with van der Waals surface area (Å²) in [5.41, 5.74) is 3.88. The van der Waals surface area contributed by atoms with Gasteiger partial charge < -0.3 is 14.8 Å². The van der Waals surface area contributed by atoms with Gasteiger partial charge in [0, 0.05) is 22.1 Å². The van der Waals surface area contributed by atoms with Crippen LogP contribution in [0.2, 0.25) is 0 Å². The predicted molar refractivity (Wildman–Crippen MR) is 105 cm³/mol. The molecule has 0 bridgehead atoms. The van der Waals surface area contributed by atoms with E-state index in [1.807, 2.05) is 24.3 Å². The number of nitrogens with one attached hydrogen (secondary N) is 2. The van der Waals surface area contributed by atoms with Crippen molar-refractivity contribution in [3.63, 3.8) is 0 Å². The molecule has 0 unspecified atom stereocenters. The number of ether oxygens (including phenoxy) is 2. The average molecular weight is 465 g/mol.